The van der Waals surface area contributed by atoms with Gasteiger partial charge in [0.1, 0.15) is 9.84 Å². The third-order valence-electron chi connectivity index (χ3n) is 3.56. The Morgan fingerprint density at radius 3 is 2.44 bits per heavy atom. The van der Waals surface area contributed by atoms with Crippen LogP contribution < -0.4 is 5.32 Å². The molecule has 1 aliphatic carbocycles. The first-order valence-corrected chi connectivity index (χ1v) is 8.32. The molecular weight excluding hydrogens is 222 g/mol. The van der Waals surface area contributed by atoms with E-state index in [2.05, 4.69) is 19.2 Å². The van der Waals surface area contributed by atoms with Crippen molar-refractivity contribution in [3.8, 4) is 0 Å². The standard InChI is InChI=1S/C12H25NO2S/c1-4-8-13-10-12(2,11-5-6-11)7-9-16(3,14)15/h11,13H,4-10H2,1-3H3. The molecule has 1 fully saturated rings. The molecule has 0 heterocycles. The average molecular weight is 247 g/mol. The van der Waals surface area contributed by atoms with E-state index in [1.54, 1.807) is 0 Å². The highest BCUT2D eigenvalue weighted by Gasteiger charge is 2.41. The van der Waals surface area contributed by atoms with E-state index in [0.29, 0.717) is 5.75 Å². The Morgan fingerprint density at radius 2 is 2.00 bits per heavy atom. The average Bonchev–Trinajstić information content (AvgIpc) is 2.97. The van der Waals surface area contributed by atoms with Gasteiger partial charge in [0, 0.05) is 12.8 Å². The van der Waals surface area contributed by atoms with Crippen LogP contribution in [0, 0.1) is 11.3 Å². The van der Waals surface area contributed by atoms with Gasteiger partial charge in [-0.25, -0.2) is 8.42 Å². The van der Waals surface area contributed by atoms with Crippen LogP contribution in [0.3, 0.4) is 0 Å². The number of hydrogen-bond donors (Lipinski definition) is 1. The molecule has 0 radical (unpaired) electrons. The Balaban J connectivity index is 2.45. The van der Waals surface area contributed by atoms with Crippen LogP contribution in [-0.4, -0.2) is 33.5 Å². The lowest BCUT2D eigenvalue weighted by molar-refractivity contribution is 0.249. The number of sulfone groups is 1. The molecule has 96 valence electrons. The maximum absolute atomic E-state index is 11.2. The zero-order valence-electron chi connectivity index (χ0n) is 10.8. The van der Waals surface area contributed by atoms with Gasteiger partial charge in [-0.05, 0) is 43.6 Å². The molecule has 1 saturated carbocycles. The molecule has 1 rings (SSSR count). The second kappa shape index (κ2) is 5.50. The van der Waals surface area contributed by atoms with Gasteiger partial charge in [0.25, 0.3) is 0 Å². The molecular formula is C12H25NO2S. The summed E-state index contributed by atoms with van der Waals surface area (Å²) in [6.07, 6.45) is 5.81. The number of rotatable bonds is 8. The van der Waals surface area contributed by atoms with E-state index in [-0.39, 0.29) is 5.41 Å². The maximum atomic E-state index is 11.2. The fourth-order valence-corrected chi connectivity index (χ4v) is 3.02. The fraction of sp³-hybridized carbons (Fsp3) is 1.00. The van der Waals surface area contributed by atoms with E-state index < -0.39 is 9.84 Å². The van der Waals surface area contributed by atoms with Crippen molar-refractivity contribution in [2.75, 3.05) is 25.1 Å². The molecule has 1 aliphatic rings. The van der Waals surface area contributed by atoms with Gasteiger partial charge >= 0.3 is 0 Å². The summed E-state index contributed by atoms with van der Waals surface area (Å²) < 4.78 is 22.5. The Bertz CT molecular complexity index is 309. The van der Waals surface area contributed by atoms with Crippen LogP contribution in [-0.2, 0) is 9.84 Å². The Kier molecular flexibility index (Phi) is 4.80. The largest absolute Gasteiger partial charge is 0.316 e. The van der Waals surface area contributed by atoms with E-state index >= 15 is 0 Å². The first-order valence-electron chi connectivity index (χ1n) is 6.26. The molecule has 1 unspecified atom stereocenters. The molecule has 0 saturated heterocycles. The Morgan fingerprint density at radius 1 is 1.38 bits per heavy atom. The van der Waals surface area contributed by atoms with Gasteiger partial charge in [0.15, 0.2) is 0 Å². The van der Waals surface area contributed by atoms with E-state index in [0.717, 1.165) is 31.8 Å². The predicted octanol–water partition coefficient (Wildman–Crippen LogP) is 1.84. The molecule has 0 amide bonds. The second-order valence-corrected chi connectivity index (χ2v) is 7.74. The molecule has 1 atom stereocenters. The first-order chi connectivity index (χ1) is 7.37. The van der Waals surface area contributed by atoms with Crippen molar-refractivity contribution in [2.24, 2.45) is 11.3 Å². The summed E-state index contributed by atoms with van der Waals surface area (Å²) in [7, 11) is -2.82. The molecule has 0 spiro atoms. The molecule has 0 aromatic rings. The quantitative estimate of drug-likeness (QED) is 0.666. The van der Waals surface area contributed by atoms with Crippen molar-refractivity contribution in [2.45, 2.75) is 39.5 Å². The highest BCUT2D eigenvalue weighted by atomic mass is 32.2. The molecule has 0 aliphatic heterocycles. The normalized spacial score (nSPS) is 20.7. The van der Waals surface area contributed by atoms with E-state index in [4.69, 9.17) is 0 Å². The zero-order chi connectivity index (χ0) is 12.2. The monoisotopic (exact) mass is 247 g/mol. The summed E-state index contributed by atoms with van der Waals surface area (Å²) in [6, 6.07) is 0. The highest BCUT2D eigenvalue weighted by Crippen LogP contribution is 2.47. The third-order valence-corrected chi connectivity index (χ3v) is 4.51. The zero-order valence-corrected chi connectivity index (χ0v) is 11.6. The van der Waals surface area contributed by atoms with E-state index in [9.17, 15) is 8.42 Å². The molecule has 1 N–H and O–H groups in total. The van der Waals surface area contributed by atoms with Gasteiger partial charge in [-0.1, -0.05) is 13.8 Å². The Hall–Kier alpha value is -0.0900. The lowest BCUT2D eigenvalue weighted by atomic mass is 9.82. The van der Waals surface area contributed by atoms with Gasteiger partial charge in [0.05, 0.1) is 5.75 Å². The maximum Gasteiger partial charge on any atom is 0.147 e. The van der Waals surface area contributed by atoms with Crippen LogP contribution in [0.5, 0.6) is 0 Å². The van der Waals surface area contributed by atoms with Crippen LogP contribution in [0.1, 0.15) is 39.5 Å². The SMILES string of the molecule is CCCNCC(C)(CCS(C)(=O)=O)C1CC1. The molecule has 3 nitrogen and oxygen atoms in total. The molecule has 16 heavy (non-hydrogen) atoms. The van der Waals surface area contributed by atoms with Crippen molar-refractivity contribution in [3.63, 3.8) is 0 Å². The van der Waals surface area contributed by atoms with Gasteiger partial charge in [-0.15, -0.1) is 0 Å². The van der Waals surface area contributed by atoms with E-state index in [1.807, 2.05) is 0 Å². The Labute approximate surface area is 99.9 Å². The van der Waals surface area contributed by atoms with Crippen molar-refractivity contribution >= 4 is 9.84 Å². The second-order valence-electron chi connectivity index (χ2n) is 5.48. The van der Waals surface area contributed by atoms with Gasteiger partial charge in [-0.2, -0.15) is 0 Å². The number of hydrogen-bond acceptors (Lipinski definition) is 3. The van der Waals surface area contributed by atoms with Crippen LogP contribution in [0.4, 0.5) is 0 Å². The number of nitrogens with one attached hydrogen (secondary N) is 1. The summed E-state index contributed by atoms with van der Waals surface area (Å²) in [5, 5.41) is 3.44. The third kappa shape index (κ3) is 4.83. The summed E-state index contributed by atoms with van der Waals surface area (Å²) in [4.78, 5) is 0. The molecule has 0 aromatic heterocycles. The fourth-order valence-electron chi connectivity index (χ4n) is 2.19. The summed E-state index contributed by atoms with van der Waals surface area (Å²) in [5.74, 6) is 1.06. The minimum absolute atomic E-state index is 0.179. The van der Waals surface area contributed by atoms with Gasteiger partial charge in [0.2, 0.25) is 0 Å². The minimum Gasteiger partial charge on any atom is -0.316 e. The lowest BCUT2D eigenvalue weighted by Gasteiger charge is -2.30. The molecule has 0 bridgehead atoms. The molecule has 4 heteroatoms. The van der Waals surface area contributed by atoms with Crippen LogP contribution in [0.15, 0.2) is 0 Å². The van der Waals surface area contributed by atoms with Crippen LogP contribution in [0.2, 0.25) is 0 Å². The summed E-state index contributed by atoms with van der Waals surface area (Å²) in [6.45, 7) is 6.37. The smallest absolute Gasteiger partial charge is 0.147 e. The van der Waals surface area contributed by atoms with E-state index in [1.165, 1.54) is 19.1 Å². The van der Waals surface area contributed by atoms with Crippen LogP contribution >= 0.6 is 0 Å². The van der Waals surface area contributed by atoms with Crippen molar-refractivity contribution in [1.29, 1.82) is 0 Å². The van der Waals surface area contributed by atoms with Crippen molar-refractivity contribution < 1.29 is 8.42 Å². The lowest BCUT2D eigenvalue weighted by Crippen LogP contribution is -2.35. The topological polar surface area (TPSA) is 46.2 Å². The van der Waals surface area contributed by atoms with Crippen molar-refractivity contribution in [1.82, 2.24) is 5.32 Å². The minimum atomic E-state index is -2.82. The van der Waals surface area contributed by atoms with Crippen molar-refractivity contribution in [3.05, 3.63) is 0 Å². The first kappa shape index (κ1) is 14.0. The van der Waals surface area contributed by atoms with Crippen LogP contribution in [0.25, 0.3) is 0 Å². The summed E-state index contributed by atoms with van der Waals surface area (Å²) in [5.41, 5.74) is 0.179. The molecule has 0 aromatic carbocycles. The van der Waals surface area contributed by atoms with Gasteiger partial charge < -0.3 is 5.32 Å². The summed E-state index contributed by atoms with van der Waals surface area (Å²) >= 11 is 0. The highest BCUT2D eigenvalue weighted by molar-refractivity contribution is 7.90. The van der Waals surface area contributed by atoms with Gasteiger partial charge in [-0.3, -0.25) is 0 Å². The predicted molar refractivity (Wildman–Crippen MR) is 68.3 cm³/mol.